The van der Waals surface area contributed by atoms with Crippen LogP contribution in [0.4, 0.5) is 10.3 Å². The molecule has 27 heavy (non-hydrogen) atoms. The minimum absolute atomic E-state index is 0.258. The van der Waals surface area contributed by atoms with Gasteiger partial charge in [-0.2, -0.15) is 0 Å². The fourth-order valence-corrected chi connectivity index (χ4v) is 2.90. The highest BCUT2D eigenvalue weighted by Crippen LogP contribution is 2.11. The van der Waals surface area contributed by atoms with Crippen LogP contribution in [0.15, 0.2) is 47.7 Å². The molecule has 7 nitrogen and oxygen atoms in total. The van der Waals surface area contributed by atoms with Gasteiger partial charge in [-0.25, -0.2) is 14.4 Å². The third-order valence-electron chi connectivity index (χ3n) is 4.31. The van der Waals surface area contributed by atoms with Crippen molar-refractivity contribution in [2.45, 2.75) is 6.42 Å². The Bertz CT molecular complexity index is 717. The van der Waals surface area contributed by atoms with Gasteiger partial charge in [-0.3, -0.25) is 4.99 Å². The van der Waals surface area contributed by atoms with Gasteiger partial charge in [0.1, 0.15) is 11.6 Å². The van der Waals surface area contributed by atoms with Gasteiger partial charge in [0.25, 0.3) is 0 Å². The van der Waals surface area contributed by atoms with Gasteiger partial charge in [0.2, 0.25) is 5.95 Å². The predicted octanol–water partition coefficient (Wildman–Crippen LogP) is 1.78. The van der Waals surface area contributed by atoms with Crippen molar-refractivity contribution in [2.24, 2.45) is 4.99 Å². The van der Waals surface area contributed by atoms with Gasteiger partial charge >= 0.3 is 0 Å². The number of hydrogen-bond donors (Lipinski definition) is 1. The Balaban J connectivity index is 1.36. The molecule has 0 aliphatic carbocycles. The van der Waals surface area contributed by atoms with E-state index >= 15 is 0 Å². The largest absolute Gasteiger partial charge is 0.494 e. The summed E-state index contributed by atoms with van der Waals surface area (Å²) in [6.07, 6.45) is 4.36. The molecule has 0 bridgehead atoms. The summed E-state index contributed by atoms with van der Waals surface area (Å²) in [5, 5.41) is 3.38. The molecule has 2 heterocycles. The SMILES string of the molecule is CN=C(NCCCOc1ccc(F)cc1)N1CCN(c2ncccn2)CC1. The van der Waals surface area contributed by atoms with Crippen LogP contribution in [0.1, 0.15) is 6.42 Å². The summed E-state index contributed by atoms with van der Waals surface area (Å²) < 4.78 is 18.5. The molecule has 1 aliphatic heterocycles. The molecule has 8 heteroatoms. The fraction of sp³-hybridized carbons (Fsp3) is 0.421. The number of nitrogens with zero attached hydrogens (tertiary/aromatic N) is 5. The van der Waals surface area contributed by atoms with Gasteiger partial charge in [-0.1, -0.05) is 0 Å². The van der Waals surface area contributed by atoms with E-state index in [4.69, 9.17) is 4.74 Å². The maximum Gasteiger partial charge on any atom is 0.225 e. The summed E-state index contributed by atoms with van der Waals surface area (Å²) in [6.45, 7) is 4.77. The second-order valence-corrected chi connectivity index (χ2v) is 6.15. The molecule has 0 amide bonds. The number of halogens is 1. The number of rotatable bonds is 6. The first-order valence-corrected chi connectivity index (χ1v) is 9.12. The highest BCUT2D eigenvalue weighted by Gasteiger charge is 2.20. The number of piperazine rings is 1. The zero-order chi connectivity index (χ0) is 18.9. The van der Waals surface area contributed by atoms with Crippen molar-refractivity contribution in [3.8, 4) is 5.75 Å². The highest BCUT2D eigenvalue weighted by molar-refractivity contribution is 5.80. The zero-order valence-electron chi connectivity index (χ0n) is 15.5. The number of anilines is 1. The molecule has 0 radical (unpaired) electrons. The third kappa shape index (κ3) is 5.54. The molecule has 2 aromatic rings. The molecule has 1 saturated heterocycles. The molecule has 1 N–H and O–H groups in total. The quantitative estimate of drug-likeness (QED) is 0.474. The molecular weight excluding hydrogens is 347 g/mol. The van der Waals surface area contributed by atoms with Crippen molar-refractivity contribution in [1.29, 1.82) is 0 Å². The highest BCUT2D eigenvalue weighted by atomic mass is 19.1. The monoisotopic (exact) mass is 372 g/mol. The Morgan fingerprint density at radius 3 is 2.52 bits per heavy atom. The van der Waals surface area contributed by atoms with E-state index in [0.717, 1.165) is 51.1 Å². The molecule has 1 aliphatic rings. The van der Waals surface area contributed by atoms with Gasteiger partial charge in [0, 0.05) is 52.2 Å². The van der Waals surface area contributed by atoms with Crippen molar-refractivity contribution < 1.29 is 9.13 Å². The van der Waals surface area contributed by atoms with Crippen LogP contribution in [-0.2, 0) is 0 Å². The Morgan fingerprint density at radius 2 is 1.85 bits per heavy atom. The van der Waals surface area contributed by atoms with E-state index in [1.54, 1.807) is 31.6 Å². The lowest BCUT2D eigenvalue weighted by Gasteiger charge is -2.36. The van der Waals surface area contributed by atoms with Gasteiger partial charge in [-0.15, -0.1) is 0 Å². The first kappa shape index (κ1) is 18.9. The summed E-state index contributed by atoms with van der Waals surface area (Å²) in [6, 6.07) is 7.89. The van der Waals surface area contributed by atoms with Gasteiger partial charge in [-0.05, 0) is 36.8 Å². The third-order valence-corrected chi connectivity index (χ3v) is 4.31. The first-order chi connectivity index (χ1) is 13.3. The number of guanidine groups is 1. The van der Waals surface area contributed by atoms with Gasteiger partial charge in [0.05, 0.1) is 6.61 Å². The van der Waals surface area contributed by atoms with Crippen molar-refractivity contribution in [1.82, 2.24) is 20.2 Å². The lowest BCUT2D eigenvalue weighted by atomic mass is 10.3. The predicted molar refractivity (Wildman–Crippen MR) is 104 cm³/mol. The topological polar surface area (TPSA) is 65.9 Å². The van der Waals surface area contributed by atoms with Crippen LogP contribution in [0.25, 0.3) is 0 Å². The lowest BCUT2D eigenvalue weighted by Crippen LogP contribution is -2.53. The van der Waals surface area contributed by atoms with E-state index in [-0.39, 0.29) is 5.82 Å². The van der Waals surface area contributed by atoms with E-state index in [0.29, 0.717) is 12.4 Å². The summed E-state index contributed by atoms with van der Waals surface area (Å²) in [4.78, 5) is 17.4. The fourth-order valence-electron chi connectivity index (χ4n) is 2.90. The van der Waals surface area contributed by atoms with E-state index in [1.807, 2.05) is 6.07 Å². The van der Waals surface area contributed by atoms with Crippen LogP contribution in [0.3, 0.4) is 0 Å². The maximum atomic E-state index is 12.9. The Hall–Kier alpha value is -2.90. The van der Waals surface area contributed by atoms with Crippen molar-refractivity contribution in [3.05, 3.63) is 48.5 Å². The molecular formula is C19H25FN6O. The molecule has 1 aromatic heterocycles. The Morgan fingerprint density at radius 1 is 1.15 bits per heavy atom. The van der Waals surface area contributed by atoms with Gasteiger partial charge < -0.3 is 19.9 Å². The summed E-state index contributed by atoms with van der Waals surface area (Å²) >= 11 is 0. The first-order valence-electron chi connectivity index (χ1n) is 9.12. The Labute approximate surface area is 158 Å². The molecule has 0 unspecified atom stereocenters. The second-order valence-electron chi connectivity index (χ2n) is 6.15. The van der Waals surface area contributed by atoms with E-state index in [2.05, 4.69) is 30.1 Å². The number of hydrogen-bond acceptors (Lipinski definition) is 5. The lowest BCUT2D eigenvalue weighted by molar-refractivity contribution is 0.308. The molecule has 3 rings (SSSR count). The van der Waals surface area contributed by atoms with E-state index in [1.165, 1.54) is 12.1 Å². The van der Waals surface area contributed by atoms with Crippen molar-refractivity contribution >= 4 is 11.9 Å². The standard InChI is InChI=1S/C19H25FN6O/c1-21-18(22-10-3-15-27-17-6-4-16(20)5-7-17)25-11-13-26(14-12-25)19-23-8-2-9-24-19/h2,4-9H,3,10-15H2,1H3,(H,21,22). The number of aromatic nitrogens is 2. The minimum Gasteiger partial charge on any atom is -0.494 e. The molecule has 144 valence electrons. The zero-order valence-corrected chi connectivity index (χ0v) is 15.5. The summed E-state index contributed by atoms with van der Waals surface area (Å²) in [7, 11) is 1.80. The van der Waals surface area contributed by atoms with Crippen molar-refractivity contribution in [3.63, 3.8) is 0 Å². The van der Waals surface area contributed by atoms with Crippen LogP contribution < -0.4 is 15.0 Å². The van der Waals surface area contributed by atoms with Crippen LogP contribution in [0, 0.1) is 5.82 Å². The molecule has 0 atom stereocenters. The number of ether oxygens (including phenoxy) is 1. The van der Waals surface area contributed by atoms with Crippen molar-refractivity contribution in [2.75, 3.05) is 51.3 Å². The van der Waals surface area contributed by atoms with Gasteiger partial charge in [0.15, 0.2) is 5.96 Å². The maximum absolute atomic E-state index is 12.9. The number of aliphatic imine (C=N–C) groups is 1. The second kappa shape index (κ2) is 9.70. The number of nitrogens with one attached hydrogen (secondary N) is 1. The average molecular weight is 372 g/mol. The van der Waals surface area contributed by atoms with E-state index in [9.17, 15) is 4.39 Å². The molecule has 0 saturated carbocycles. The smallest absolute Gasteiger partial charge is 0.225 e. The normalized spacial score (nSPS) is 15.0. The van der Waals surface area contributed by atoms with E-state index < -0.39 is 0 Å². The molecule has 1 fully saturated rings. The number of benzene rings is 1. The minimum atomic E-state index is -0.258. The van der Waals surface area contributed by atoms with Crippen LogP contribution in [0.5, 0.6) is 5.75 Å². The molecule has 1 aromatic carbocycles. The van der Waals surface area contributed by atoms with Crippen LogP contribution in [-0.4, -0.2) is 67.2 Å². The van der Waals surface area contributed by atoms with Crippen LogP contribution >= 0.6 is 0 Å². The Kier molecular flexibility index (Phi) is 6.78. The van der Waals surface area contributed by atoms with Crippen LogP contribution in [0.2, 0.25) is 0 Å². The molecule has 0 spiro atoms. The summed E-state index contributed by atoms with van der Waals surface area (Å²) in [5.41, 5.74) is 0. The summed E-state index contributed by atoms with van der Waals surface area (Å²) in [5.74, 6) is 2.09. The average Bonchev–Trinajstić information content (AvgIpc) is 2.73.